The highest BCUT2D eigenvalue weighted by atomic mass is 16.5. The lowest BCUT2D eigenvalue weighted by Gasteiger charge is -2.19. The summed E-state index contributed by atoms with van der Waals surface area (Å²) in [6.07, 6.45) is 1.50. The van der Waals surface area contributed by atoms with Crippen LogP contribution in [0.5, 0.6) is 0 Å². The van der Waals surface area contributed by atoms with Crippen molar-refractivity contribution in [2.75, 3.05) is 19.7 Å². The molecule has 0 spiro atoms. The first kappa shape index (κ1) is 15.6. The van der Waals surface area contributed by atoms with Gasteiger partial charge in [0.25, 0.3) is 11.5 Å². The van der Waals surface area contributed by atoms with E-state index in [0.717, 1.165) is 4.68 Å². The van der Waals surface area contributed by atoms with Crippen LogP contribution in [-0.2, 0) is 16.6 Å². The molecule has 7 nitrogen and oxygen atoms in total. The molecule has 0 saturated carbocycles. The van der Waals surface area contributed by atoms with Crippen LogP contribution in [-0.4, -0.2) is 46.3 Å². The Morgan fingerprint density at radius 2 is 2.20 bits per heavy atom. The smallest absolute Gasteiger partial charge is 0.325 e. The highest BCUT2D eigenvalue weighted by Crippen LogP contribution is 2.01. The number of rotatable bonds is 6. The Balaban J connectivity index is 2.92. The van der Waals surface area contributed by atoms with Crippen molar-refractivity contribution in [1.29, 1.82) is 0 Å². The third-order valence-corrected chi connectivity index (χ3v) is 2.44. The fourth-order valence-electron chi connectivity index (χ4n) is 1.52. The lowest BCUT2D eigenvalue weighted by molar-refractivity contribution is -0.143. The van der Waals surface area contributed by atoms with Crippen molar-refractivity contribution in [2.45, 2.75) is 6.92 Å². The van der Waals surface area contributed by atoms with Crippen molar-refractivity contribution in [3.63, 3.8) is 0 Å². The molecule has 1 aromatic heterocycles. The fourth-order valence-corrected chi connectivity index (χ4v) is 1.52. The van der Waals surface area contributed by atoms with Gasteiger partial charge in [-0.1, -0.05) is 6.08 Å². The van der Waals surface area contributed by atoms with E-state index in [1.165, 1.54) is 30.2 Å². The van der Waals surface area contributed by atoms with E-state index in [2.05, 4.69) is 11.7 Å². The molecule has 108 valence electrons. The summed E-state index contributed by atoms with van der Waals surface area (Å²) in [6.45, 7) is 5.46. The third-order valence-electron chi connectivity index (χ3n) is 2.44. The third kappa shape index (κ3) is 4.04. The van der Waals surface area contributed by atoms with E-state index in [4.69, 9.17) is 4.74 Å². The maximum absolute atomic E-state index is 12.2. The molecule has 0 radical (unpaired) electrons. The molecule has 0 atom stereocenters. The van der Waals surface area contributed by atoms with E-state index in [1.807, 2.05) is 0 Å². The van der Waals surface area contributed by atoms with E-state index in [-0.39, 0.29) is 30.9 Å². The summed E-state index contributed by atoms with van der Waals surface area (Å²) in [4.78, 5) is 36.2. The van der Waals surface area contributed by atoms with Crippen molar-refractivity contribution in [3.8, 4) is 0 Å². The first-order valence-corrected chi connectivity index (χ1v) is 6.09. The van der Waals surface area contributed by atoms with Gasteiger partial charge in [-0.2, -0.15) is 5.10 Å². The molecule has 7 heteroatoms. The number of hydrogen-bond donors (Lipinski definition) is 0. The van der Waals surface area contributed by atoms with Crippen LogP contribution in [0.25, 0.3) is 0 Å². The Morgan fingerprint density at radius 1 is 1.50 bits per heavy atom. The summed E-state index contributed by atoms with van der Waals surface area (Å²) < 4.78 is 5.86. The monoisotopic (exact) mass is 279 g/mol. The van der Waals surface area contributed by atoms with Crippen LogP contribution < -0.4 is 5.56 Å². The Kier molecular flexibility index (Phi) is 5.64. The van der Waals surface area contributed by atoms with Crippen molar-refractivity contribution in [3.05, 3.63) is 40.8 Å². The average Bonchev–Trinajstić information content (AvgIpc) is 2.41. The van der Waals surface area contributed by atoms with Gasteiger partial charge in [0.1, 0.15) is 12.2 Å². The molecule has 1 amide bonds. The standard InChI is InChI=1S/C13H17N3O4/c1-4-8-16(9-12(18)20-5-2)13(19)10-6-7-11(17)15(3)14-10/h4,6-7H,1,5,8-9H2,2-3H3. The van der Waals surface area contributed by atoms with Gasteiger partial charge in [-0.3, -0.25) is 14.4 Å². The molecule has 0 fully saturated rings. The number of carbonyl (C=O) groups excluding carboxylic acids is 2. The molecule has 1 rings (SSSR count). The molecule has 20 heavy (non-hydrogen) atoms. The second-order valence-corrected chi connectivity index (χ2v) is 3.96. The second-order valence-electron chi connectivity index (χ2n) is 3.96. The van der Waals surface area contributed by atoms with Crippen LogP contribution in [0.3, 0.4) is 0 Å². The summed E-state index contributed by atoms with van der Waals surface area (Å²) in [6, 6.07) is 2.57. The number of nitrogens with zero attached hydrogens (tertiary/aromatic N) is 3. The van der Waals surface area contributed by atoms with Crippen LogP contribution in [0.15, 0.2) is 29.6 Å². The number of ether oxygens (including phenoxy) is 1. The molecule has 0 N–H and O–H groups in total. The number of carbonyl (C=O) groups is 2. The molecule has 1 aromatic rings. The molecule has 0 saturated heterocycles. The zero-order valence-corrected chi connectivity index (χ0v) is 11.5. The molecular formula is C13H17N3O4. The lowest BCUT2D eigenvalue weighted by Crippen LogP contribution is -2.38. The zero-order valence-electron chi connectivity index (χ0n) is 11.5. The van der Waals surface area contributed by atoms with E-state index in [0.29, 0.717) is 0 Å². The topological polar surface area (TPSA) is 81.5 Å². The van der Waals surface area contributed by atoms with Crippen molar-refractivity contribution in [1.82, 2.24) is 14.7 Å². The number of aryl methyl sites for hydroxylation is 1. The average molecular weight is 279 g/mol. The highest BCUT2D eigenvalue weighted by Gasteiger charge is 2.20. The molecule has 0 bridgehead atoms. The molecule has 0 aromatic carbocycles. The van der Waals surface area contributed by atoms with Gasteiger partial charge in [-0.25, -0.2) is 4.68 Å². The quantitative estimate of drug-likeness (QED) is 0.539. The maximum atomic E-state index is 12.2. The minimum absolute atomic E-state index is 0.0817. The molecule has 0 unspecified atom stereocenters. The molecule has 0 aliphatic carbocycles. The molecule has 0 aliphatic heterocycles. The normalized spacial score (nSPS) is 9.90. The van der Waals surface area contributed by atoms with Crippen LogP contribution in [0.1, 0.15) is 17.4 Å². The van der Waals surface area contributed by atoms with Gasteiger partial charge in [0.15, 0.2) is 0 Å². The maximum Gasteiger partial charge on any atom is 0.325 e. The number of aromatic nitrogens is 2. The van der Waals surface area contributed by atoms with Gasteiger partial charge in [0, 0.05) is 19.7 Å². The van der Waals surface area contributed by atoms with Crippen LogP contribution >= 0.6 is 0 Å². The van der Waals surface area contributed by atoms with E-state index in [1.54, 1.807) is 6.92 Å². The Bertz CT molecular complexity index is 565. The predicted molar refractivity (Wildman–Crippen MR) is 72.2 cm³/mol. The van der Waals surface area contributed by atoms with Gasteiger partial charge in [0.05, 0.1) is 6.61 Å². The van der Waals surface area contributed by atoms with E-state index in [9.17, 15) is 14.4 Å². The molecular weight excluding hydrogens is 262 g/mol. The second kappa shape index (κ2) is 7.22. The first-order valence-electron chi connectivity index (χ1n) is 6.09. The van der Waals surface area contributed by atoms with Gasteiger partial charge in [-0.15, -0.1) is 6.58 Å². The summed E-state index contributed by atoms with van der Waals surface area (Å²) in [7, 11) is 1.45. The summed E-state index contributed by atoms with van der Waals surface area (Å²) in [5.41, 5.74) is -0.236. The first-order chi connectivity index (χ1) is 9.49. The lowest BCUT2D eigenvalue weighted by atomic mass is 10.3. The Hall–Kier alpha value is -2.44. The zero-order chi connectivity index (χ0) is 15.1. The largest absolute Gasteiger partial charge is 0.465 e. The van der Waals surface area contributed by atoms with Gasteiger partial charge in [0.2, 0.25) is 0 Å². The number of amides is 1. The van der Waals surface area contributed by atoms with Crippen LogP contribution in [0.2, 0.25) is 0 Å². The van der Waals surface area contributed by atoms with Gasteiger partial charge < -0.3 is 9.64 Å². The van der Waals surface area contributed by atoms with Gasteiger partial charge >= 0.3 is 5.97 Å². The van der Waals surface area contributed by atoms with Crippen LogP contribution in [0.4, 0.5) is 0 Å². The minimum atomic E-state index is -0.507. The summed E-state index contributed by atoms with van der Waals surface area (Å²) in [5.74, 6) is -0.971. The number of hydrogen-bond acceptors (Lipinski definition) is 5. The number of esters is 1. The Labute approximate surface area is 116 Å². The van der Waals surface area contributed by atoms with Gasteiger partial charge in [-0.05, 0) is 13.0 Å². The Morgan fingerprint density at radius 3 is 2.75 bits per heavy atom. The predicted octanol–water partition coefficient (Wildman–Crippen LogP) is -0.0284. The SMILES string of the molecule is C=CCN(CC(=O)OCC)C(=O)c1ccc(=O)n(C)n1. The fraction of sp³-hybridized carbons (Fsp3) is 0.385. The molecule has 0 aliphatic rings. The van der Waals surface area contributed by atoms with Crippen LogP contribution in [0, 0.1) is 0 Å². The van der Waals surface area contributed by atoms with Crippen molar-refractivity contribution in [2.24, 2.45) is 7.05 Å². The van der Waals surface area contributed by atoms with Crippen molar-refractivity contribution < 1.29 is 14.3 Å². The molecule has 1 heterocycles. The van der Waals surface area contributed by atoms with E-state index >= 15 is 0 Å². The minimum Gasteiger partial charge on any atom is -0.465 e. The van der Waals surface area contributed by atoms with Crippen molar-refractivity contribution >= 4 is 11.9 Å². The van der Waals surface area contributed by atoms with E-state index < -0.39 is 11.9 Å². The highest BCUT2D eigenvalue weighted by molar-refractivity contribution is 5.94. The summed E-state index contributed by atoms with van der Waals surface area (Å²) in [5, 5.41) is 3.86. The summed E-state index contributed by atoms with van der Waals surface area (Å²) >= 11 is 0.